The van der Waals surface area contributed by atoms with Crippen LogP contribution in [-0.4, -0.2) is 94.4 Å². The Morgan fingerprint density at radius 3 is 1.83 bits per heavy atom. The molecule has 5 N–H and O–H groups in total. The summed E-state index contributed by atoms with van der Waals surface area (Å²) in [4.78, 5) is 72.0. The van der Waals surface area contributed by atoms with Gasteiger partial charge in [-0.15, -0.1) is 0 Å². The van der Waals surface area contributed by atoms with Gasteiger partial charge in [0, 0.05) is 26.9 Å². The molecule has 254 valence electrons. The first-order valence-corrected chi connectivity index (χ1v) is 15.9. The van der Waals surface area contributed by atoms with E-state index in [0.29, 0.717) is 5.56 Å². The molecular formula is C36H43N5O7. The van der Waals surface area contributed by atoms with Gasteiger partial charge < -0.3 is 36.0 Å². The van der Waals surface area contributed by atoms with Crippen molar-refractivity contribution < 1.29 is 34.2 Å². The number of aliphatic hydroxyl groups is 1. The van der Waals surface area contributed by atoms with Gasteiger partial charge in [-0.1, -0.05) is 68.4 Å². The van der Waals surface area contributed by atoms with Gasteiger partial charge in [-0.2, -0.15) is 0 Å². The molecule has 3 aromatic rings. The lowest BCUT2D eigenvalue weighted by Crippen LogP contribution is -2.60. The van der Waals surface area contributed by atoms with Gasteiger partial charge in [0.2, 0.25) is 23.6 Å². The van der Waals surface area contributed by atoms with Crippen LogP contribution in [0, 0.1) is 5.92 Å². The summed E-state index contributed by atoms with van der Waals surface area (Å²) in [5.74, 6) is -3.17. The van der Waals surface area contributed by atoms with Gasteiger partial charge in [0.15, 0.2) is 0 Å². The number of nitrogens with zero attached hydrogens (tertiary/aromatic N) is 2. The quantitative estimate of drug-likeness (QED) is 0.259. The number of para-hydroxylation sites is 1. The fourth-order valence-electron chi connectivity index (χ4n) is 5.69. The van der Waals surface area contributed by atoms with Crippen LogP contribution >= 0.6 is 0 Å². The summed E-state index contributed by atoms with van der Waals surface area (Å²) in [6, 6.07) is 16.8. The van der Waals surface area contributed by atoms with E-state index in [0.717, 1.165) is 5.56 Å². The maximum Gasteiger partial charge on any atom is 0.254 e. The maximum absolute atomic E-state index is 14.2. The van der Waals surface area contributed by atoms with Gasteiger partial charge in [0.25, 0.3) is 5.91 Å². The number of nitrogens with one attached hydrogen (secondary N) is 3. The van der Waals surface area contributed by atoms with Crippen LogP contribution in [0.5, 0.6) is 5.75 Å². The summed E-state index contributed by atoms with van der Waals surface area (Å²) < 4.78 is 0. The van der Waals surface area contributed by atoms with Crippen molar-refractivity contribution in [2.45, 2.75) is 57.3 Å². The van der Waals surface area contributed by atoms with E-state index in [4.69, 9.17) is 0 Å². The standard InChI is InChI=1S/C36H43N5O7/c1-22(2)18-28-35(47)40(3)31(20-24-14-16-25(43)17-15-24)33(45)37-27-13-9-8-12-26(27)32(44)39-29(21-42)36(48)41(4)30(34(46)38-28)19-23-10-6-5-7-11-23/h5-17,22,28-31,42-43H,18-21H2,1-4H3,(H,37,45)(H,38,46)(H,39,44)/t28-,29-,30-,31-/m0/s1. The Hall–Kier alpha value is -5.23. The molecule has 1 aliphatic heterocycles. The molecule has 0 fully saturated rings. The van der Waals surface area contributed by atoms with Gasteiger partial charge in [-0.3, -0.25) is 24.0 Å². The number of likely N-dealkylation sites (N-methyl/N-ethyl adjacent to an activating group) is 2. The number of phenolic OH excluding ortho intramolecular Hbond substituents is 1. The normalized spacial score (nSPS) is 21.4. The lowest BCUT2D eigenvalue weighted by atomic mass is 9.98. The molecule has 0 bridgehead atoms. The first-order chi connectivity index (χ1) is 22.9. The monoisotopic (exact) mass is 657 g/mol. The van der Waals surface area contributed by atoms with Crippen LogP contribution in [0.15, 0.2) is 78.9 Å². The molecule has 12 heteroatoms. The average molecular weight is 658 g/mol. The number of fused-ring (bicyclic) bond motifs is 1. The van der Waals surface area contributed by atoms with E-state index in [2.05, 4.69) is 16.0 Å². The predicted octanol–water partition coefficient (Wildman–Crippen LogP) is 2.11. The molecule has 0 aliphatic carbocycles. The van der Waals surface area contributed by atoms with Crippen LogP contribution in [0.4, 0.5) is 5.69 Å². The molecule has 12 nitrogen and oxygen atoms in total. The molecule has 0 radical (unpaired) electrons. The van der Waals surface area contributed by atoms with Crippen molar-refractivity contribution in [1.82, 2.24) is 20.4 Å². The number of amides is 5. The molecular weight excluding hydrogens is 614 g/mol. The Kier molecular flexibility index (Phi) is 11.9. The molecule has 4 atom stereocenters. The summed E-state index contributed by atoms with van der Waals surface area (Å²) in [6.45, 7) is 3.06. The number of aliphatic hydroxyl groups excluding tert-OH is 1. The number of phenols is 1. The molecule has 48 heavy (non-hydrogen) atoms. The fourth-order valence-corrected chi connectivity index (χ4v) is 5.69. The minimum atomic E-state index is -1.41. The zero-order valence-corrected chi connectivity index (χ0v) is 27.6. The van der Waals surface area contributed by atoms with Crippen LogP contribution in [0.3, 0.4) is 0 Å². The first-order valence-electron chi connectivity index (χ1n) is 15.9. The molecule has 0 saturated carbocycles. The highest BCUT2D eigenvalue weighted by Gasteiger charge is 2.37. The van der Waals surface area contributed by atoms with E-state index in [1.54, 1.807) is 36.4 Å². The van der Waals surface area contributed by atoms with Crippen LogP contribution < -0.4 is 16.0 Å². The van der Waals surface area contributed by atoms with Crippen LogP contribution in [0.1, 0.15) is 41.8 Å². The second-order valence-electron chi connectivity index (χ2n) is 12.4. The lowest BCUT2D eigenvalue weighted by Gasteiger charge is -2.34. The van der Waals surface area contributed by atoms with E-state index >= 15 is 0 Å². The second-order valence-corrected chi connectivity index (χ2v) is 12.4. The Balaban J connectivity index is 1.83. The third-order valence-corrected chi connectivity index (χ3v) is 8.41. The Labute approximate surface area is 280 Å². The summed E-state index contributed by atoms with van der Waals surface area (Å²) in [6.07, 6.45) is 0.399. The van der Waals surface area contributed by atoms with Crippen LogP contribution in [0.25, 0.3) is 0 Å². The highest BCUT2D eigenvalue weighted by atomic mass is 16.3. The SMILES string of the molecule is CC(C)C[C@@H]1NC(=O)[C@H](Cc2ccccc2)N(C)C(=O)[C@H](CO)NC(=O)c2ccccc2NC(=O)[C@H](Cc2ccc(O)cc2)N(C)C1=O. The van der Waals surface area contributed by atoms with Gasteiger partial charge in [-0.05, 0) is 47.7 Å². The van der Waals surface area contributed by atoms with Gasteiger partial charge in [-0.25, -0.2) is 0 Å². The topological polar surface area (TPSA) is 168 Å². The van der Waals surface area contributed by atoms with Crippen LogP contribution in [-0.2, 0) is 32.0 Å². The molecule has 0 spiro atoms. The molecule has 0 aromatic heterocycles. The Morgan fingerprint density at radius 2 is 1.23 bits per heavy atom. The van der Waals surface area contributed by atoms with E-state index in [-0.39, 0.29) is 42.2 Å². The summed E-state index contributed by atoms with van der Waals surface area (Å²) in [7, 11) is 2.90. The Morgan fingerprint density at radius 1 is 0.688 bits per heavy atom. The molecule has 0 unspecified atom stereocenters. The number of benzene rings is 3. The predicted molar refractivity (Wildman–Crippen MR) is 180 cm³/mol. The third-order valence-electron chi connectivity index (χ3n) is 8.41. The smallest absolute Gasteiger partial charge is 0.254 e. The maximum atomic E-state index is 14.2. The van der Waals surface area contributed by atoms with Crippen molar-refractivity contribution in [3.05, 3.63) is 95.6 Å². The van der Waals surface area contributed by atoms with Crippen molar-refractivity contribution in [2.75, 3.05) is 26.0 Å². The largest absolute Gasteiger partial charge is 0.508 e. The fraction of sp³-hybridized carbons (Fsp3) is 0.361. The molecule has 1 aliphatic rings. The minimum Gasteiger partial charge on any atom is -0.508 e. The molecule has 1 heterocycles. The number of anilines is 1. The zero-order chi connectivity index (χ0) is 35.0. The highest BCUT2D eigenvalue weighted by Crippen LogP contribution is 2.21. The van der Waals surface area contributed by atoms with E-state index in [1.807, 2.05) is 32.0 Å². The summed E-state index contributed by atoms with van der Waals surface area (Å²) in [5, 5.41) is 28.2. The number of hydrogen-bond donors (Lipinski definition) is 5. The Bertz CT molecular complexity index is 1610. The summed E-state index contributed by atoms with van der Waals surface area (Å²) in [5.41, 5.74) is 1.57. The van der Waals surface area contributed by atoms with Gasteiger partial charge >= 0.3 is 0 Å². The number of hydrogen-bond acceptors (Lipinski definition) is 7. The molecule has 3 aromatic carbocycles. The molecule has 4 rings (SSSR count). The van der Waals surface area contributed by atoms with Gasteiger partial charge in [0.1, 0.15) is 29.9 Å². The lowest BCUT2D eigenvalue weighted by molar-refractivity contribution is -0.144. The van der Waals surface area contributed by atoms with Crippen molar-refractivity contribution in [3.63, 3.8) is 0 Å². The highest BCUT2D eigenvalue weighted by molar-refractivity contribution is 6.07. The van der Waals surface area contributed by atoms with Crippen molar-refractivity contribution >= 4 is 35.2 Å². The molecule has 0 saturated heterocycles. The van der Waals surface area contributed by atoms with Crippen molar-refractivity contribution in [1.29, 1.82) is 0 Å². The van der Waals surface area contributed by atoms with Crippen molar-refractivity contribution in [3.8, 4) is 5.75 Å². The van der Waals surface area contributed by atoms with E-state index in [9.17, 15) is 34.2 Å². The number of rotatable bonds is 7. The second kappa shape index (κ2) is 16.1. The minimum absolute atomic E-state index is 0.0282. The summed E-state index contributed by atoms with van der Waals surface area (Å²) >= 11 is 0. The van der Waals surface area contributed by atoms with E-state index in [1.165, 1.54) is 48.2 Å². The van der Waals surface area contributed by atoms with Crippen LogP contribution in [0.2, 0.25) is 0 Å². The molecule has 5 amide bonds. The number of carbonyl (C=O) groups excluding carboxylic acids is 5. The average Bonchev–Trinajstić information content (AvgIpc) is 3.07. The zero-order valence-electron chi connectivity index (χ0n) is 27.6. The number of carbonyl (C=O) groups is 5. The van der Waals surface area contributed by atoms with Crippen molar-refractivity contribution in [2.24, 2.45) is 5.92 Å². The third kappa shape index (κ3) is 8.77. The number of aromatic hydroxyl groups is 1. The first kappa shape index (κ1) is 35.6. The van der Waals surface area contributed by atoms with Gasteiger partial charge in [0.05, 0.1) is 17.9 Å². The van der Waals surface area contributed by atoms with E-state index < -0.39 is 60.3 Å².